The fourth-order valence-electron chi connectivity index (χ4n) is 4.12. The summed E-state index contributed by atoms with van der Waals surface area (Å²) in [5.74, 6) is 0.929. The molecule has 1 amide bonds. The topological polar surface area (TPSA) is 84.7 Å². The van der Waals surface area contributed by atoms with Crippen LogP contribution in [0.3, 0.4) is 0 Å². The van der Waals surface area contributed by atoms with Crippen molar-refractivity contribution in [2.75, 3.05) is 25.2 Å². The summed E-state index contributed by atoms with van der Waals surface area (Å²) >= 11 is 1.42. The third-order valence-electron chi connectivity index (χ3n) is 5.85. The number of hydrogen-bond acceptors (Lipinski definition) is 6. The van der Waals surface area contributed by atoms with Gasteiger partial charge in [-0.05, 0) is 43.1 Å². The molecule has 32 heavy (non-hydrogen) atoms. The second-order valence-electron chi connectivity index (χ2n) is 8.17. The van der Waals surface area contributed by atoms with Crippen molar-refractivity contribution in [3.63, 3.8) is 0 Å². The molecule has 0 heterocycles. The predicted molar refractivity (Wildman–Crippen MR) is 129 cm³/mol. The molecule has 3 rings (SSSR count). The summed E-state index contributed by atoms with van der Waals surface area (Å²) in [5, 5.41) is 14.2. The quantitative estimate of drug-likeness (QED) is 0.388. The van der Waals surface area contributed by atoms with Gasteiger partial charge in [-0.1, -0.05) is 43.5 Å². The molecule has 1 aliphatic rings. The molecule has 0 aliphatic heterocycles. The Hall–Kier alpha value is -2.58. The van der Waals surface area contributed by atoms with Crippen molar-refractivity contribution in [1.29, 1.82) is 0 Å². The van der Waals surface area contributed by atoms with Gasteiger partial charge in [0.1, 0.15) is 0 Å². The number of amides is 1. The highest BCUT2D eigenvalue weighted by Crippen LogP contribution is 2.29. The summed E-state index contributed by atoms with van der Waals surface area (Å²) in [5.41, 5.74) is 2.68. The standard InChI is InChI=1S/C24H31N3O4S/c1-26(20-9-4-3-5-10-20)15-19-8-6-7-11-21(19)25-24(28)17-32-16-18-12-13-23(31-2)22(14-18)27(29)30/h6-8,11-14,20H,3-5,9-10,15-17H2,1-2H3,(H,25,28). The van der Waals surface area contributed by atoms with E-state index in [2.05, 4.69) is 23.3 Å². The Morgan fingerprint density at radius 3 is 2.69 bits per heavy atom. The smallest absolute Gasteiger partial charge is 0.311 e. The molecule has 0 radical (unpaired) electrons. The van der Waals surface area contributed by atoms with E-state index in [0.29, 0.717) is 11.8 Å². The van der Waals surface area contributed by atoms with E-state index >= 15 is 0 Å². The summed E-state index contributed by atoms with van der Waals surface area (Å²) in [6, 6.07) is 13.4. The van der Waals surface area contributed by atoms with Crippen LogP contribution in [0.1, 0.15) is 43.2 Å². The lowest BCUT2D eigenvalue weighted by Gasteiger charge is -2.31. The molecular weight excluding hydrogens is 426 g/mol. The van der Waals surface area contributed by atoms with Gasteiger partial charge in [0.15, 0.2) is 5.75 Å². The molecule has 2 aromatic carbocycles. The van der Waals surface area contributed by atoms with E-state index in [-0.39, 0.29) is 23.1 Å². The number of nitrogens with one attached hydrogen (secondary N) is 1. The minimum absolute atomic E-state index is 0.0638. The van der Waals surface area contributed by atoms with Gasteiger partial charge in [-0.2, -0.15) is 0 Å². The molecular formula is C24H31N3O4S. The molecule has 0 aromatic heterocycles. The minimum atomic E-state index is -0.457. The lowest BCUT2D eigenvalue weighted by Crippen LogP contribution is -2.33. The van der Waals surface area contributed by atoms with E-state index in [4.69, 9.17) is 4.74 Å². The molecule has 0 atom stereocenters. The monoisotopic (exact) mass is 457 g/mol. The van der Waals surface area contributed by atoms with Gasteiger partial charge in [-0.3, -0.25) is 19.8 Å². The van der Waals surface area contributed by atoms with Crippen LogP contribution in [0.15, 0.2) is 42.5 Å². The van der Waals surface area contributed by atoms with Gasteiger partial charge in [-0.15, -0.1) is 11.8 Å². The van der Waals surface area contributed by atoms with E-state index in [1.54, 1.807) is 12.1 Å². The summed E-state index contributed by atoms with van der Waals surface area (Å²) in [6.07, 6.45) is 6.40. The number of carbonyl (C=O) groups is 1. The molecule has 8 heteroatoms. The van der Waals surface area contributed by atoms with Gasteiger partial charge in [0.25, 0.3) is 0 Å². The first-order chi connectivity index (χ1) is 15.5. The zero-order valence-corrected chi connectivity index (χ0v) is 19.5. The lowest BCUT2D eigenvalue weighted by atomic mass is 9.94. The minimum Gasteiger partial charge on any atom is -0.490 e. The maximum absolute atomic E-state index is 12.5. The van der Waals surface area contributed by atoms with Gasteiger partial charge in [0, 0.05) is 30.1 Å². The van der Waals surface area contributed by atoms with Crippen LogP contribution in [0.4, 0.5) is 11.4 Å². The molecule has 0 unspecified atom stereocenters. The molecule has 0 saturated heterocycles. The first-order valence-corrected chi connectivity index (χ1v) is 12.1. The molecule has 0 spiro atoms. The van der Waals surface area contributed by atoms with Crippen LogP contribution >= 0.6 is 11.8 Å². The van der Waals surface area contributed by atoms with Crippen LogP contribution < -0.4 is 10.1 Å². The lowest BCUT2D eigenvalue weighted by molar-refractivity contribution is -0.385. The van der Waals surface area contributed by atoms with Gasteiger partial charge < -0.3 is 10.1 Å². The fourth-order valence-corrected chi connectivity index (χ4v) is 4.89. The normalized spacial score (nSPS) is 14.3. The maximum atomic E-state index is 12.5. The molecule has 1 saturated carbocycles. The average Bonchev–Trinajstić information content (AvgIpc) is 2.80. The SMILES string of the molecule is COc1ccc(CSCC(=O)Nc2ccccc2CN(C)C2CCCCC2)cc1[N+](=O)[O-]. The Morgan fingerprint density at radius 1 is 1.22 bits per heavy atom. The van der Waals surface area contributed by atoms with Gasteiger partial charge in [0.2, 0.25) is 5.91 Å². The van der Waals surface area contributed by atoms with Gasteiger partial charge in [0.05, 0.1) is 17.8 Å². The van der Waals surface area contributed by atoms with E-state index in [1.807, 2.05) is 18.2 Å². The maximum Gasteiger partial charge on any atom is 0.311 e. The highest BCUT2D eigenvalue weighted by atomic mass is 32.2. The first kappa shape index (κ1) is 24.1. The third kappa shape index (κ3) is 6.71. The van der Waals surface area contributed by atoms with Crippen molar-refractivity contribution in [2.24, 2.45) is 0 Å². The number of rotatable bonds is 10. The Bertz CT molecular complexity index is 931. The number of nitro groups is 1. The molecule has 1 aliphatic carbocycles. The molecule has 172 valence electrons. The number of carbonyl (C=O) groups excluding carboxylic acids is 1. The Morgan fingerprint density at radius 2 is 1.97 bits per heavy atom. The van der Waals surface area contributed by atoms with Gasteiger partial charge in [-0.25, -0.2) is 0 Å². The molecule has 1 fully saturated rings. The number of nitro benzene ring substituents is 1. The summed E-state index contributed by atoms with van der Waals surface area (Å²) < 4.78 is 5.03. The Labute approximate surface area is 193 Å². The van der Waals surface area contributed by atoms with Crippen molar-refractivity contribution in [3.05, 3.63) is 63.7 Å². The largest absolute Gasteiger partial charge is 0.490 e. The van der Waals surface area contributed by atoms with Crippen LogP contribution in [0.5, 0.6) is 5.75 Å². The number of anilines is 1. The van der Waals surface area contributed by atoms with Crippen molar-refractivity contribution >= 4 is 29.0 Å². The second kappa shape index (κ2) is 11.9. The zero-order valence-electron chi connectivity index (χ0n) is 18.7. The van der Waals surface area contributed by atoms with Crippen LogP contribution in [-0.2, 0) is 17.1 Å². The number of hydrogen-bond donors (Lipinski definition) is 1. The van der Waals surface area contributed by atoms with Crippen molar-refractivity contribution in [1.82, 2.24) is 4.90 Å². The van der Waals surface area contributed by atoms with E-state index in [1.165, 1.54) is 57.0 Å². The predicted octanol–water partition coefficient (Wildman–Crippen LogP) is 5.24. The summed E-state index contributed by atoms with van der Waals surface area (Å²) in [4.78, 5) is 25.7. The summed E-state index contributed by atoms with van der Waals surface area (Å²) in [7, 11) is 3.57. The second-order valence-corrected chi connectivity index (χ2v) is 9.15. The average molecular weight is 458 g/mol. The van der Waals surface area contributed by atoms with Crippen LogP contribution in [-0.4, -0.2) is 41.7 Å². The number of ether oxygens (including phenoxy) is 1. The first-order valence-electron chi connectivity index (χ1n) is 10.9. The van der Waals surface area contributed by atoms with Crippen LogP contribution in [0.2, 0.25) is 0 Å². The number of nitrogens with zero attached hydrogens (tertiary/aromatic N) is 2. The van der Waals surface area contributed by atoms with Crippen molar-refractivity contribution in [3.8, 4) is 5.75 Å². The molecule has 0 bridgehead atoms. The molecule has 1 N–H and O–H groups in total. The summed E-state index contributed by atoms with van der Waals surface area (Å²) in [6.45, 7) is 0.809. The van der Waals surface area contributed by atoms with Crippen LogP contribution in [0, 0.1) is 10.1 Å². The van der Waals surface area contributed by atoms with Crippen LogP contribution in [0.25, 0.3) is 0 Å². The van der Waals surface area contributed by atoms with E-state index in [9.17, 15) is 14.9 Å². The highest BCUT2D eigenvalue weighted by molar-refractivity contribution is 7.99. The number of thioether (sulfide) groups is 1. The number of para-hydroxylation sites is 1. The van der Waals surface area contributed by atoms with Crippen molar-refractivity contribution < 1.29 is 14.5 Å². The highest BCUT2D eigenvalue weighted by Gasteiger charge is 2.19. The molecule has 2 aromatic rings. The third-order valence-corrected chi connectivity index (χ3v) is 6.85. The van der Waals surface area contributed by atoms with Gasteiger partial charge >= 0.3 is 5.69 Å². The van der Waals surface area contributed by atoms with Crippen molar-refractivity contribution in [2.45, 2.75) is 50.4 Å². The van der Waals surface area contributed by atoms with E-state index < -0.39 is 4.92 Å². The number of methoxy groups -OCH3 is 1. The van der Waals surface area contributed by atoms with E-state index in [0.717, 1.165) is 23.4 Å². The Kier molecular flexibility index (Phi) is 8.93. The zero-order chi connectivity index (χ0) is 22.9. The Balaban J connectivity index is 1.53. The number of benzene rings is 2. The molecule has 7 nitrogen and oxygen atoms in total. The fraction of sp³-hybridized carbons (Fsp3) is 0.458.